The topological polar surface area (TPSA) is 64.1 Å². The number of hydrogen-bond acceptors (Lipinski definition) is 4. The molecule has 0 atom stereocenters. The van der Waals surface area contributed by atoms with E-state index < -0.39 is 12.6 Å². The van der Waals surface area contributed by atoms with E-state index in [1.165, 1.54) is 0 Å². The molecule has 26 heavy (non-hydrogen) atoms. The highest BCUT2D eigenvalue weighted by atomic mass is 19.4. The molecule has 0 spiro atoms. The molecule has 0 unspecified atom stereocenters. The molecule has 9 heteroatoms. The monoisotopic (exact) mass is 377 g/mol. The van der Waals surface area contributed by atoms with Crippen LogP contribution in [0.3, 0.4) is 0 Å². The summed E-state index contributed by atoms with van der Waals surface area (Å²) in [7, 11) is 3.11. The second-order valence-electron chi connectivity index (χ2n) is 5.30. The van der Waals surface area contributed by atoms with E-state index in [1.807, 2.05) is 6.92 Å². The lowest BCUT2D eigenvalue weighted by Crippen LogP contribution is -2.39. The number of halogens is 3. The summed E-state index contributed by atoms with van der Waals surface area (Å²) in [6, 6.07) is 5.23. The van der Waals surface area contributed by atoms with Crippen LogP contribution in [-0.4, -0.2) is 52.6 Å². The Bertz CT molecular complexity index is 544. The van der Waals surface area contributed by atoms with Gasteiger partial charge in [0.15, 0.2) is 5.96 Å². The molecular weight excluding hydrogens is 351 g/mol. The van der Waals surface area contributed by atoms with Gasteiger partial charge in [-0.15, -0.1) is 0 Å². The molecule has 1 aromatic rings. The van der Waals surface area contributed by atoms with Crippen LogP contribution in [0.15, 0.2) is 23.2 Å². The molecule has 0 aliphatic carbocycles. The van der Waals surface area contributed by atoms with Crippen LogP contribution in [0.1, 0.15) is 19.8 Å². The molecule has 0 aromatic heterocycles. The summed E-state index contributed by atoms with van der Waals surface area (Å²) in [5.41, 5.74) is 0. The standard InChI is InChI=1S/C17H26F3N3O3/c1-4-21-16(23-8-6-17(18,19)20)22-7-5-9-26-15-11-13(24-2)10-14(12-15)25-3/h10-12H,4-9H2,1-3H3,(H2,21,22,23). The number of benzene rings is 1. The number of nitrogens with zero attached hydrogens (tertiary/aromatic N) is 1. The maximum Gasteiger partial charge on any atom is 0.390 e. The first-order valence-corrected chi connectivity index (χ1v) is 8.32. The fourth-order valence-corrected chi connectivity index (χ4v) is 1.97. The summed E-state index contributed by atoms with van der Waals surface area (Å²) >= 11 is 0. The minimum Gasteiger partial charge on any atom is -0.496 e. The molecule has 6 nitrogen and oxygen atoms in total. The fourth-order valence-electron chi connectivity index (χ4n) is 1.97. The Labute approximate surface area is 151 Å². The third kappa shape index (κ3) is 9.24. The van der Waals surface area contributed by atoms with E-state index in [4.69, 9.17) is 14.2 Å². The van der Waals surface area contributed by atoms with Gasteiger partial charge >= 0.3 is 6.18 Å². The van der Waals surface area contributed by atoms with Gasteiger partial charge in [0.2, 0.25) is 0 Å². The first kappa shape index (κ1) is 21.7. The van der Waals surface area contributed by atoms with Crippen molar-refractivity contribution < 1.29 is 27.4 Å². The molecule has 1 aromatic carbocycles. The highest BCUT2D eigenvalue weighted by molar-refractivity contribution is 5.79. The second kappa shape index (κ2) is 11.3. The zero-order valence-electron chi connectivity index (χ0n) is 15.3. The van der Waals surface area contributed by atoms with Gasteiger partial charge < -0.3 is 24.8 Å². The van der Waals surface area contributed by atoms with Crippen molar-refractivity contribution in [2.24, 2.45) is 4.99 Å². The van der Waals surface area contributed by atoms with Crippen LogP contribution in [0.2, 0.25) is 0 Å². The second-order valence-corrected chi connectivity index (χ2v) is 5.30. The predicted octanol–water partition coefficient (Wildman–Crippen LogP) is 2.98. The number of guanidine groups is 1. The fraction of sp³-hybridized carbons (Fsp3) is 0.588. The highest BCUT2D eigenvalue weighted by Crippen LogP contribution is 2.27. The molecule has 0 amide bonds. The van der Waals surface area contributed by atoms with Crippen molar-refractivity contribution >= 4 is 5.96 Å². The Morgan fingerprint density at radius 1 is 1.04 bits per heavy atom. The zero-order chi connectivity index (χ0) is 19.4. The van der Waals surface area contributed by atoms with Gasteiger partial charge in [0.05, 0.1) is 27.2 Å². The normalized spacial score (nSPS) is 11.8. The summed E-state index contributed by atoms with van der Waals surface area (Å²) in [5, 5.41) is 5.57. The quantitative estimate of drug-likeness (QED) is 0.373. The molecular formula is C17H26F3N3O3. The first-order valence-electron chi connectivity index (χ1n) is 8.32. The van der Waals surface area contributed by atoms with Gasteiger partial charge in [0, 0.05) is 44.3 Å². The SMILES string of the molecule is CCNC(=NCCCOc1cc(OC)cc(OC)c1)NCCC(F)(F)F. The smallest absolute Gasteiger partial charge is 0.390 e. The molecule has 0 saturated carbocycles. The molecule has 0 radical (unpaired) electrons. The number of nitrogens with one attached hydrogen (secondary N) is 2. The van der Waals surface area contributed by atoms with Crippen molar-refractivity contribution in [3.05, 3.63) is 18.2 Å². The minimum absolute atomic E-state index is 0.213. The summed E-state index contributed by atoms with van der Waals surface area (Å²) in [4.78, 5) is 4.23. The average molecular weight is 377 g/mol. The van der Waals surface area contributed by atoms with Crippen molar-refractivity contribution in [2.45, 2.75) is 25.9 Å². The van der Waals surface area contributed by atoms with Crippen LogP contribution in [0.25, 0.3) is 0 Å². The number of rotatable bonds is 10. The Kier molecular flexibility index (Phi) is 9.46. The van der Waals surface area contributed by atoms with E-state index in [9.17, 15) is 13.2 Å². The van der Waals surface area contributed by atoms with Gasteiger partial charge in [-0.3, -0.25) is 4.99 Å². The van der Waals surface area contributed by atoms with E-state index in [2.05, 4.69) is 15.6 Å². The molecule has 0 heterocycles. The lowest BCUT2D eigenvalue weighted by Gasteiger charge is -2.12. The van der Waals surface area contributed by atoms with E-state index in [-0.39, 0.29) is 6.54 Å². The van der Waals surface area contributed by atoms with Crippen molar-refractivity contribution in [3.8, 4) is 17.2 Å². The summed E-state index contributed by atoms with van der Waals surface area (Å²) in [6.45, 7) is 3.03. The minimum atomic E-state index is -4.18. The lowest BCUT2D eigenvalue weighted by molar-refractivity contribution is -0.132. The lowest BCUT2D eigenvalue weighted by atomic mass is 10.3. The third-order valence-electron chi connectivity index (χ3n) is 3.21. The number of aliphatic imine (C=N–C) groups is 1. The van der Waals surface area contributed by atoms with Crippen LogP contribution < -0.4 is 24.8 Å². The van der Waals surface area contributed by atoms with Crippen LogP contribution in [0.4, 0.5) is 13.2 Å². The van der Waals surface area contributed by atoms with Gasteiger partial charge in [-0.05, 0) is 6.92 Å². The van der Waals surface area contributed by atoms with E-state index in [0.29, 0.717) is 49.3 Å². The molecule has 1 rings (SSSR count). The maximum absolute atomic E-state index is 12.2. The van der Waals surface area contributed by atoms with Crippen molar-refractivity contribution in [3.63, 3.8) is 0 Å². The number of hydrogen-bond donors (Lipinski definition) is 2. The average Bonchev–Trinajstić information content (AvgIpc) is 2.59. The van der Waals surface area contributed by atoms with Gasteiger partial charge in [-0.1, -0.05) is 0 Å². The van der Waals surface area contributed by atoms with Crippen LogP contribution in [0, 0.1) is 0 Å². The van der Waals surface area contributed by atoms with Gasteiger partial charge in [-0.25, -0.2) is 0 Å². The molecule has 0 bridgehead atoms. The van der Waals surface area contributed by atoms with Gasteiger partial charge in [0.1, 0.15) is 17.2 Å². The predicted molar refractivity (Wildman–Crippen MR) is 94.3 cm³/mol. The molecule has 148 valence electrons. The van der Waals surface area contributed by atoms with Gasteiger partial charge in [-0.2, -0.15) is 13.2 Å². The van der Waals surface area contributed by atoms with Crippen molar-refractivity contribution in [2.75, 3.05) is 40.5 Å². The highest BCUT2D eigenvalue weighted by Gasteiger charge is 2.26. The van der Waals surface area contributed by atoms with Crippen LogP contribution in [0.5, 0.6) is 17.2 Å². The Balaban J connectivity index is 2.41. The molecule has 0 aliphatic rings. The van der Waals surface area contributed by atoms with Crippen LogP contribution >= 0.6 is 0 Å². The van der Waals surface area contributed by atoms with Crippen LogP contribution in [-0.2, 0) is 0 Å². The third-order valence-corrected chi connectivity index (χ3v) is 3.21. The molecule has 2 N–H and O–H groups in total. The number of methoxy groups -OCH3 is 2. The van der Waals surface area contributed by atoms with Gasteiger partial charge in [0.25, 0.3) is 0 Å². The van der Waals surface area contributed by atoms with E-state index in [1.54, 1.807) is 32.4 Å². The Morgan fingerprint density at radius 3 is 2.19 bits per heavy atom. The van der Waals surface area contributed by atoms with E-state index in [0.717, 1.165) is 0 Å². The maximum atomic E-state index is 12.2. The summed E-state index contributed by atoms with van der Waals surface area (Å²) in [6.07, 6.45) is -4.48. The molecule has 0 aliphatic heterocycles. The Morgan fingerprint density at radius 2 is 1.65 bits per heavy atom. The summed E-state index contributed by atoms with van der Waals surface area (Å²) < 4.78 is 52.5. The summed E-state index contributed by atoms with van der Waals surface area (Å²) in [5.74, 6) is 2.22. The first-order chi connectivity index (χ1) is 12.4. The zero-order valence-corrected chi connectivity index (χ0v) is 15.3. The van der Waals surface area contributed by atoms with Crippen molar-refractivity contribution in [1.82, 2.24) is 10.6 Å². The molecule has 0 saturated heterocycles. The number of ether oxygens (including phenoxy) is 3. The van der Waals surface area contributed by atoms with Crippen molar-refractivity contribution in [1.29, 1.82) is 0 Å². The molecule has 0 fully saturated rings. The number of alkyl halides is 3. The van der Waals surface area contributed by atoms with E-state index >= 15 is 0 Å². The Hall–Kier alpha value is -2.32. The largest absolute Gasteiger partial charge is 0.496 e.